The molecule has 128 valence electrons. The Morgan fingerprint density at radius 3 is 2.38 bits per heavy atom. The number of benzene rings is 1. The largest absolute Gasteiger partial charge is 0.318 e. The Kier molecular flexibility index (Phi) is 3.74. The molecule has 1 aromatic carbocycles. The van der Waals surface area contributed by atoms with E-state index < -0.39 is 22.8 Å². The van der Waals surface area contributed by atoms with E-state index in [1.165, 1.54) is 10.6 Å². The quantitative estimate of drug-likeness (QED) is 0.730. The normalized spacial score (nSPS) is 25.3. The number of aryl methyl sites for hydroxylation is 2. The summed E-state index contributed by atoms with van der Waals surface area (Å²) in [7, 11) is 0. The van der Waals surface area contributed by atoms with Gasteiger partial charge in [0.1, 0.15) is 23.0 Å². The van der Waals surface area contributed by atoms with Crippen LogP contribution in [-0.4, -0.2) is 4.98 Å². The Balaban J connectivity index is 2.55. The molecule has 0 fully saturated rings. The lowest BCUT2D eigenvalue weighted by atomic mass is 9.66. The number of fused-ring (bicyclic) bond motifs is 3. The van der Waals surface area contributed by atoms with Gasteiger partial charge >= 0.3 is 5.79 Å². The van der Waals surface area contributed by atoms with Gasteiger partial charge in [0.2, 0.25) is 5.69 Å². The third-order valence-corrected chi connectivity index (χ3v) is 5.53. The molecule has 3 rings (SSSR count). The number of hydrogen-bond donors (Lipinski definition) is 0. The van der Waals surface area contributed by atoms with Gasteiger partial charge in [-0.2, -0.15) is 8.96 Å². The van der Waals surface area contributed by atoms with Gasteiger partial charge in [0.25, 0.3) is 0 Å². The third kappa shape index (κ3) is 1.96. The molecule has 2 aromatic rings. The molecule has 0 radical (unpaired) electrons. The average molecular weight is 335 g/mol. The summed E-state index contributed by atoms with van der Waals surface area (Å²) in [5.74, 6) is -3.15. The summed E-state index contributed by atoms with van der Waals surface area (Å²) in [6.45, 7) is 8.88. The molecule has 1 aliphatic heterocycles. The van der Waals surface area contributed by atoms with E-state index in [9.17, 15) is 8.78 Å². The maximum atomic E-state index is 16.3. The smallest absolute Gasteiger partial charge is 0.245 e. The second-order valence-corrected chi connectivity index (χ2v) is 6.80. The lowest BCUT2D eigenvalue weighted by Gasteiger charge is -2.42. The number of halogens is 3. The molecule has 0 spiro atoms. The molecule has 0 saturated carbocycles. The van der Waals surface area contributed by atoms with Gasteiger partial charge in [-0.15, -0.1) is 0 Å². The minimum absolute atomic E-state index is 0.190. The molecule has 1 aliphatic rings. The van der Waals surface area contributed by atoms with Gasteiger partial charge in [0.15, 0.2) is 6.20 Å². The predicted molar refractivity (Wildman–Crippen MR) is 86.3 cm³/mol. The van der Waals surface area contributed by atoms with Crippen molar-refractivity contribution in [2.75, 3.05) is 0 Å². The fourth-order valence-electron chi connectivity index (χ4n) is 4.10. The second-order valence-electron chi connectivity index (χ2n) is 6.80. The molecular formula is C19H22F3N2+. The highest BCUT2D eigenvalue weighted by molar-refractivity contribution is 5.67. The first-order valence-electron chi connectivity index (χ1n) is 8.28. The fraction of sp³-hybridized carbons (Fsp3) is 0.474. The van der Waals surface area contributed by atoms with Gasteiger partial charge in [-0.25, -0.2) is 13.8 Å². The van der Waals surface area contributed by atoms with Crippen LogP contribution < -0.4 is 4.57 Å². The van der Waals surface area contributed by atoms with Crippen molar-refractivity contribution in [2.24, 2.45) is 0 Å². The fourth-order valence-corrected chi connectivity index (χ4v) is 4.10. The predicted octanol–water partition coefficient (Wildman–Crippen LogP) is 4.64. The Morgan fingerprint density at radius 2 is 1.79 bits per heavy atom. The first kappa shape index (κ1) is 16.9. The maximum Gasteiger partial charge on any atom is 0.318 e. The molecule has 5 heteroatoms. The van der Waals surface area contributed by atoms with Crippen molar-refractivity contribution in [3.63, 3.8) is 0 Å². The van der Waals surface area contributed by atoms with Gasteiger partial charge in [-0.05, 0) is 38.8 Å². The highest BCUT2D eigenvalue weighted by atomic mass is 19.1. The Morgan fingerprint density at radius 1 is 1.12 bits per heavy atom. The van der Waals surface area contributed by atoms with Crippen LogP contribution in [0, 0.1) is 25.5 Å². The van der Waals surface area contributed by atoms with Crippen molar-refractivity contribution in [2.45, 2.75) is 58.7 Å². The van der Waals surface area contributed by atoms with Gasteiger partial charge < -0.3 is 0 Å². The standard InChI is InChI=1S/C19H22F3N2/c1-6-18(5)14-8-13(20)9-15(21)16(14)17-12(4)23-11(3)10-24(17)19(18,22)7-2/h8-10H,6-7H2,1-5H3/q+1/t18?,19-/m1/s1. The zero-order chi connectivity index (χ0) is 17.9. The van der Waals surface area contributed by atoms with Crippen molar-refractivity contribution >= 4 is 0 Å². The average Bonchev–Trinajstić information content (AvgIpc) is 2.52. The number of nitrogens with zero attached hydrogens (tertiary/aromatic N) is 2. The molecule has 2 nitrogen and oxygen atoms in total. The Bertz CT molecular complexity index is 764. The molecule has 0 amide bonds. The van der Waals surface area contributed by atoms with E-state index in [4.69, 9.17) is 0 Å². The van der Waals surface area contributed by atoms with Crippen LogP contribution in [0.1, 0.15) is 50.6 Å². The number of hydrogen-bond acceptors (Lipinski definition) is 1. The second kappa shape index (κ2) is 5.30. The van der Waals surface area contributed by atoms with Gasteiger partial charge in [0.05, 0.1) is 11.0 Å². The molecule has 0 aliphatic carbocycles. The summed E-state index contributed by atoms with van der Waals surface area (Å²) in [5.41, 5.74) is 1.18. The first-order valence-corrected chi connectivity index (χ1v) is 8.28. The molecule has 1 unspecified atom stereocenters. The summed E-state index contributed by atoms with van der Waals surface area (Å²) in [6.07, 6.45) is 2.24. The van der Waals surface area contributed by atoms with E-state index >= 15 is 4.39 Å². The number of rotatable bonds is 2. The van der Waals surface area contributed by atoms with Gasteiger partial charge in [-0.3, -0.25) is 0 Å². The van der Waals surface area contributed by atoms with E-state index in [2.05, 4.69) is 4.98 Å². The molecular weight excluding hydrogens is 313 g/mol. The van der Waals surface area contributed by atoms with Crippen LogP contribution in [0.15, 0.2) is 18.3 Å². The Hall–Kier alpha value is -1.91. The van der Waals surface area contributed by atoms with Gasteiger partial charge in [-0.1, -0.05) is 13.8 Å². The minimum atomic E-state index is -1.79. The van der Waals surface area contributed by atoms with E-state index in [1.807, 2.05) is 6.92 Å². The van der Waals surface area contributed by atoms with Crippen LogP contribution in [0.3, 0.4) is 0 Å². The van der Waals surface area contributed by atoms with Crippen LogP contribution in [0.4, 0.5) is 13.2 Å². The number of alkyl halides is 1. The summed E-state index contributed by atoms with van der Waals surface area (Å²) < 4.78 is 46.5. The minimum Gasteiger partial charge on any atom is -0.245 e. The Labute approximate surface area is 140 Å². The molecule has 0 saturated heterocycles. The molecule has 0 N–H and O–H groups in total. The molecule has 24 heavy (non-hydrogen) atoms. The van der Waals surface area contributed by atoms with Crippen LogP contribution in [0.5, 0.6) is 0 Å². The van der Waals surface area contributed by atoms with Crippen LogP contribution in [-0.2, 0) is 11.2 Å². The molecule has 2 heterocycles. The van der Waals surface area contributed by atoms with Crippen molar-refractivity contribution in [3.05, 3.63) is 46.9 Å². The zero-order valence-corrected chi connectivity index (χ0v) is 14.7. The van der Waals surface area contributed by atoms with Crippen molar-refractivity contribution < 1.29 is 17.7 Å². The number of aromatic nitrogens is 2. The lowest BCUT2D eigenvalue weighted by molar-refractivity contribution is -0.799. The lowest BCUT2D eigenvalue weighted by Crippen LogP contribution is -2.67. The summed E-state index contributed by atoms with van der Waals surface area (Å²) >= 11 is 0. The third-order valence-electron chi connectivity index (χ3n) is 5.53. The molecule has 1 aromatic heterocycles. The first-order chi connectivity index (χ1) is 11.2. The maximum absolute atomic E-state index is 16.3. The van der Waals surface area contributed by atoms with Crippen molar-refractivity contribution in [1.29, 1.82) is 0 Å². The SMILES string of the molecule is CCC1(C)c2cc(F)cc(F)c2-c2c(C)nc(C)c[n+]2[C@]1(F)CC. The summed E-state index contributed by atoms with van der Waals surface area (Å²) in [4.78, 5) is 4.37. The van der Waals surface area contributed by atoms with Crippen LogP contribution in [0.2, 0.25) is 0 Å². The van der Waals surface area contributed by atoms with Crippen LogP contribution in [0.25, 0.3) is 11.3 Å². The van der Waals surface area contributed by atoms with E-state index in [0.717, 1.165) is 6.07 Å². The van der Waals surface area contributed by atoms with Crippen LogP contribution >= 0.6 is 0 Å². The highest BCUT2D eigenvalue weighted by Crippen LogP contribution is 2.51. The zero-order valence-electron chi connectivity index (χ0n) is 14.7. The van der Waals surface area contributed by atoms with E-state index in [0.29, 0.717) is 29.1 Å². The monoisotopic (exact) mass is 335 g/mol. The van der Waals surface area contributed by atoms with Gasteiger partial charge in [0, 0.05) is 12.5 Å². The summed E-state index contributed by atoms with van der Waals surface area (Å²) in [5, 5.41) is 0. The topological polar surface area (TPSA) is 16.8 Å². The van der Waals surface area contributed by atoms with Crippen molar-refractivity contribution in [3.8, 4) is 11.3 Å². The van der Waals surface area contributed by atoms with E-state index in [1.54, 1.807) is 33.9 Å². The molecule has 0 bridgehead atoms. The summed E-state index contributed by atoms with van der Waals surface area (Å²) in [6, 6.07) is 2.13. The molecule has 2 atom stereocenters. The highest BCUT2D eigenvalue weighted by Gasteiger charge is 2.62. The van der Waals surface area contributed by atoms with Crippen molar-refractivity contribution in [1.82, 2.24) is 4.98 Å². The van der Waals surface area contributed by atoms with E-state index in [-0.39, 0.29) is 12.0 Å².